The van der Waals surface area contributed by atoms with Crippen LogP contribution in [-0.4, -0.2) is 0 Å². The Balaban J connectivity index is 0.00000126. The van der Waals surface area contributed by atoms with Crippen molar-refractivity contribution in [3.8, 4) is 0 Å². The minimum absolute atomic E-state index is 0.256. The molecule has 0 nitrogen and oxygen atoms in total. The highest BCUT2D eigenvalue weighted by Gasteiger charge is 2.28. The van der Waals surface area contributed by atoms with E-state index < -0.39 is 0 Å². The minimum atomic E-state index is 0.256. The fourth-order valence-corrected chi connectivity index (χ4v) is 5.32. The average Bonchev–Trinajstić information content (AvgIpc) is 2.69. The maximum atomic E-state index is 2.68. The van der Waals surface area contributed by atoms with Gasteiger partial charge in [-0.1, -0.05) is 99.1 Å². The Morgan fingerprint density at radius 1 is 0.704 bits per heavy atom. The Kier molecular flexibility index (Phi) is 8.44. The molecule has 0 aromatic heterocycles. The molecule has 0 N–H and O–H groups in total. The first-order chi connectivity index (χ1) is 12.9. The van der Waals surface area contributed by atoms with Crippen LogP contribution in [0.2, 0.25) is 0 Å². The fraction of sp³-hybridized carbons (Fsp3) is 0.778. The number of rotatable bonds is 3. The molecule has 2 saturated carbocycles. The van der Waals surface area contributed by atoms with Gasteiger partial charge < -0.3 is 0 Å². The molecule has 1 aromatic carbocycles. The van der Waals surface area contributed by atoms with Crippen molar-refractivity contribution in [3.05, 3.63) is 34.4 Å². The summed E-state index contributed by atoms with van der Waals surface area (Å²) in [6, 6.07) is 5.35. The fourth-order valence-electron chi connectivity index (χ4n) is 5.32. The summed E-state index contributed by atoms with van der Waals surface area (Å²) < 4.78 is 0. The summed E-state index contributed by atoms with van der Waals surface area (Å²) in [6.07, 6.45) is 14.2. The molecule has 0 saturated heterocycles. The van der Waals surface area contributed by atoms with Gasteiger partial charge in [-0.25, -0.2) is 0 Å². The molecular weight excluding hydrogens is 324 g/mol. The highest BCUT2D eigenvalue weighted by atomic mass is 14.3. The van der Waals surface area contributed by atoms with Crippen LogP contribution in [0.3, 0.4) is 0 Å². The van der Waals surface area contributed by atoms with Crippen molar-refractivity contribution in [2.75, 3.05) is 0 Å². The molecule has 2 aliphatic carbocycles. The van der Waals surface area contributed by atoms with Crippen molar-refractivity contribution in [1.82, 2.24) is 0 Å². The molecule has 2 fully saturated rings. The average molecular weight is 371 g/mol. The second-order valence-corrected chi connectivity index (χ2v) is 10.1. The van der Waals surface area contributed by atoms with Crippen LogP contribution in [0.5, 0.6) is 0 Å². The summed E-state index contributed by atoms with van der Waals surface area (Å²) in [5.74, 6) is 2.27. The lowest BCUT2D eigenvalue weighted by atomic mass is 9.71. The Morgan fingerprint density at radius 2 is 1.15 bits per heavy atom. The predicted molar refractivity (Wildman–Crippen MR) is 122 cm³/mol. The molecule has 27 heavy (non-hydrogen) atoms. The molecule has 3 rings (SSSR count). The van der Waals surface area contributed by atoms with Crippen LogP contribution < -0.4 is 0 Å². The largest absolute Gasteiger partial charge is 0.0683 e. The van der Waals surface area contributed by atoms with Gasteiger partial charge in [0.05, 0.1) is 0 Å². The first-order valence-corrected chi connectivity index (χ1v) is 12.1. The van der Waals surface area contributed by atoms with E-state index in [2.05, 4.69) is 46.8 Å². The zero-order valence-electron chi connectivity index (χ0n) is 19.5. The van der Waals surface area contributed by atoms with Crippen LogP contribution in [0.15, 0.2) is 12.1 Å². The lowest BCUT2D eigenvalue weighted by Gasteiger charge is -2.34. The van der Waals surface area contributed by atoms with E-state index in [1.807, 2.05) is 13.8 Å². The van der Waals surface area contributed by atoms with Gasteiger partial charge in [-0.15, -0.1) is 0 Å². The molecule has 0 amide bonds. The molecule has 154 valence electrons. The van der Waals surface area contributed by atoms with E-state index in [1.165, 1.54) is 64.2 Å². The number of hydrogen-bond acceptors (Lipinski definition) is 0. The standard InChI is InChI=1S/C25H40.C2H6/c1-18(2)21-16-23(20-14-10-7-11-15-20)24(25(3,4)5)17-22(21)19-12-8-6-9-13-19;1-2/h16-20H,6-15H2,1-5H3;1-2H3. The Morgan fingerprint density at radius 3 is 1.56 bits per heavy atom. The lowest BCUT2D eigenvalue weighted by molar-refractivity contribution is 0.428. The third kappa shape index (κ3) is 5.61. The zero-order valence-corrected chi connectivity index (χ0v) is 19.5. The van der Waals surface area contributed by atoms with Gasteiger partial charge in [-0.05, 0) is 71.1 Å². The topological polar surface area (TPSA) is 0 Å². The third-order valence-corrected chi connectivity index (χ3v) is 6.78. The van der Waals surface area contributed by atoms with Crippen molar-refractivity contribution < 1.29 is 0 Å². The van der Waals surface area contributed by atoms with Crippen molar-refractivity contribution in [2.45, 2.75) is 136 Å². The quantitative estimate of drug-likeness (QED) is 0.497. The summed E-state index contributed by atoms with van der Waals surface area (Å²) in [6.45, 7) is 16.1. The second kappa shape index (κ2) is 10.1. The minimum Gasteiger partial charge on any atom is -0.0683 e. The molecular formula is C27H46. The molecule has 1 aromatic rings. The van der Waals surface area contributed by atoms with E-state index in [-0.39, 0.29) is 5.41 Å². The maximum absolute atomic E-state index is 2.68. The molecule has 0 bridgehead atoms. The first kappa shape index (κ1) is 22.5. The highest BCUT2D eigenvalue weighted by Crippen LogP contribution is 2.44. The van der Waals surface area contributed by atoms with Crippen LogP contribution in [0.25, 0.3) is 0 Å². The van der Waals surface area contributed by atoms with Crippen LogP contribution in [0.4, 0.5) is 0 Å². The normalized spacial score (nSPS) is 19.7. The molecule has 0 spiro atoms. The van der Waals surface area contributed by atoms with Gasteiger partial charge in [0.15, 0.2) is 0 Å². The van der Waals surface area contributed by atoms with Gasteiger partial charge in [-0.3, -0.25) is 0 Å². The molecule has 0 heterocycles. The van der Waals surface area contributed by atoms with Gasteiger partial charge >= 0.3 is 0 Å². The van der Waals surface area contributed by atoms with Crippen molar-refractivity contribution in [1.29, 1.82) is 0 Å². The summed E-state index contributed by atoms with van der Waals surface area (Å²) in [7, 11) is 0. The molecule has 2 aliphatic rings. The Hall–Kier alpha value is -0.780. The monoisotopic (exact) mass is 370 g/mol. The van der Waals surface area contributed by atoms with E-state index in [0.29, 0.717) is 5.92 Å². The van der Waals surface area contributed by atoms with Crippen molar-refractivity contribution >= 4 is 0 Å². The summed E-state index contributed by atoms with van der Waals surface area (Å²) in [5.41, 5.74) is 6.99. The molecule has 0 unspecified atom stereocenters. The second-order valence-electron chi connectivity index (χ2n) is 10.1. The summed E-state index contributed by atoms with van der Waals surface area (Å²) in [4.78, 5) is 0. The molecule has 0 aliphatic heterocycles. The number of benzene rings is 1. The Bertz CT molecular complexity index is 560. The van der Waals surface area contributed by atoms with Crippen molar-refractivity contribution in [3.63, 3.8) is 0 Å². The van der Waals surface area contributed by atoms with Crippen LogP contribution in [0.1, 0.15) is 153 Å². The third-order valence-electron chi connectivity index (χ3n) is 6.78. The predicted octanol–water partition coefficient (Wildman–Crippen LogP) is 9.23. The molecule has 0 atom stereocenters. The van der Waals surface area contributed by atoms with Crippen molar-refractivity contribution in [2.24, 2.45) is 0 Å². The van der Waals surface area contributed by atoms with E-state index in [9.17, 15) is 0 Å². The Labute approximate surface area is 170 Å². The zero-order chi connectivity index (χ0) is 20.0. The maximum Gasteiger partial charge on any atom is -0.0129 e. The van der Waals surface area contributed by atoms with Gasteiger partial charge in [0, 0.05) is 0 Å². The van der Waals surface area contributed by atoms with E-state index in [1.54, 1.807) is 22.3 Å². The van der Waals surface area contributed by atoms with Gasteiger partial charge in [0.1, 0.15) is 0 Å². The summed E-state index contributed by atoms with van der Waals surface area (Å²) >= 11 is 0. The number of hydrogen-bond donors (Lipinski definition) is 0. The van der Waals surface area contributed by atoms with Crippen LogP contribution in [-0.2, 0) is 5.41 Å². The first-order valence-electron chi connectivity index (χ1n) is 12.1. The van der Waals surface area contributed by atoms with Gasteiger partial charge in [0.2, 0.25) is 0 Å². The highest BCUT2D eigenvalue weighted by molar-refractivity contribution is 5.46. The molecule has 0 radical (unpaired) electrons. The van der Waals surface area contributed by atoms with Gasteiger partial charge in [-0.2, -0.15) is 0 Å². The van der Waals surface area contributed by atoms with Crippen LogP contribution in [0, 0.1) is 0 Å². The van der Waals surface area contributed by atoms with E-state index in [0.717, 1.165) is 11.8 Å². The summed E-state index contributed by atoms with van der Waals surface area (Å²) in [5, 5.41) is 0. The van der Waals surface area contributed by atoms with Crippen LogP contribution >= 0.6 is 0 Å². The lowest BCUT2D eigenvalue weighted by Crippen LogP contribution is -2.20. The molecule has 0 heteroatoms. The SMILES string of the molecule is CC.CC(C)c1cc(C2CCCCC2)c(C(C)(C)C)cc1C1CCCCC1. The van der Waals surface area contributed by atoms with E-state index >= 15 is 0 Å². The smallest absolute Gasteiger partial charge is 0.0129 e. The van der Waals surface area contributed by atoms with E-state index in [4.69, 9.17) is 0 Å². The van der Waals surface area contributed by atoms with Gasteiger partial charge in [0.25, 0.3) is 0 Å².